The molecule has 3 rings (SSSR count). The molecule has 21 heavy (non-hydrogen) atoms. The van der Waals surface area contributed by atoms with Gasteiger partial charge in [-0.15, -0.1) is 0 Å². The van der Waals surface area contributed by atoms with Gasteiger partial charge in [-0.2, -0.15) is 0 Å². The molecule has 0 saturated carbocycles. The number of rotatable bonds is 3. The van der Waals surface area contributed by atoms with Crippen LogP contribution in [0.3, 0.4) is 0 Å². The molecule has 2 aromatic rings. The van der Waals surface area contributed by atoms with Gasteiger partial charge in [-0.05, 0) is 18.2 Å². The van der Waals surface area contributed by atoms with Gasteiger partial charge in [-0.1, -0.05) is 18.2 Å². The van der Waals surface area contributed by atoms with Crippen LogP contribution in [0.4, 0.5) is 5.69 Å². The van der Waals surface area contributed by atoms with Gasteiger partial charge < -0.3 is 24.7 Å². The van der Waals surface area contributed by atoms with Gasteiger partial charge in [-0.3, -0.25) is 4.79 Å². The van der Waals surface area contributed by atoms with Crippen molar-refractivity contribution >= 4 is 17.6 Å². The largest absolute Gasteiger partial charge is 0.545 e. The lowest BCUT2D eigenvalue weighted by atomic mass is 10.1. The minimum atomic E-state index is -1.40. The minimum Gasteiger partial charge on any atom is -0.545 e. The number of fused-ring (bicyclic) bond motifs is 1. The van der Waals surface area contributed by atoms with Crippen molar-refractivity contribution in [2.75, 3.05) is 12.1 Å². The smallest absolute Gasteiger partial charge is 0.256 e. The molecule has 0 unspecified atom stereocenters. The van der Waals surface area contributed by atoms with Crippen molar-refractivity contribution in [2.45, 2.75) is 0 Å². The van der Waals surface area contributed by atoms with Crippen LogP contribution in [-0.4, -0.2) is 18.7 Å². The number of amides is 1. The maximum Gasteiger partial charge on any atom is 0.256 e. The standard InChI is InChI=1S/C15H11NO5/c17-14(10-3-1-2-4-11(10)15(18)19)16-9-5-6-12-13(7-9)21-8-20-12/h1-7H,8H2,(H,16,17)(H,18,19)/p-1. The predicted octanol–water partition coefficient (Wildman–Crippen LogP) is 1.03. The van der Waals surface area contributed by atoms with Crippen LogP contribution in [0.2, 0.25) is 0 Å². The number of hydrogen-bond acceptors (Lipinski definition) is 5. The lowest BCUT2D eigenvalue weighted by molar-refractivity contribution is -0.255. The van der Waals surface area contributed by atoms with E-state index in [0.29, 0.717) is 17.2 Å². The average Bonchev–Trinajstić information content (AvgIpc) is 2.94. The molecule has 6 heteroatoms. The minimum absolute atomic E-state index is 0.0372. The molecular formula is C15H10NO5-. The third-order valence-corrected chi connectivity index (χ3v) is 3.02. The van der Waals surface area contributed by atoms with Crippen LogP contribution in [0.15, 0.2) is 42.5 Å². The van der Waals surface area contributed by atoms with E-state index < -0.39 is 11.9 Å². The number of carboxylic acids is 1. The second-order valence-electron chi connectivity index (χ2n) is 4.36. The SMILES string of the molecule is O=C([O-])c1ccccc1C(=O)Nc1ccc2c(c1)OCO2. The summed E-state index contributed by atoms with van der Waals surface area (Å²) in [4.78, 5) is 23.2. The highest BCUT2D eigenvalue weighted by Crippen LogP contribution is 2.34. The van der Waals surface area contributed by atoms with Gasteiger partial charge in [0.2, 0.25) is 6.79 Å². The molecule has 1 aliphatic rings. The monoisotopic (exact) mass is 284 g/mol. The summed E-state index contributed by atoms with van der Waals surface area (Å²) in [6, 6.07) is 10.8. The topological polar surface area (TPSA) is 87.7 Å². The second-order valence-corrected chi connectivity index (χ2v) is 4.36. The maximum atomic E-state index is 12.2. The van der Waals surface area contributed by atoms with Crippen molar-refractivity contribution in [3.63, 3.8) is 0 Å². The molecule has 1 heterocycles. The Morgan fingerprint density at radius 1 is 1.00 bits per heavy atom. The average molecular weight is 284 g/mol. The van der Waals surface area contributed by atoms with Crippen LogP contribution >= 0.6 is 0 Å². The van der Waals surface area contributed by atoms with E-state index in [9.17, 15) is 14.7 Å². The molecule has 0 aliphatic carbocycles. The Hall–Kier alpha value is -3.02. The number of carbonyl (C=O) groups is 2. The van der Waals surface area contributed by atoms with E-state index in [0.717, 1.165) is 0 Å². The highest BCUT2D eigenvalue weighted by atomic mass is 16.7. The molecule has 0 aromatic heterocycles. The number of aromatic carboxylic acids is 1. The Morgan fingerprint density at radius 3 is 2.48 bits per heavy atom. The molecule has 1 amide bonds. The number of ether oxygens (including phenoxy) is 2. The van der Waals surface area contributed by atoms with E-state index in [-0.39, 0.29) is 17.9 Å². The zero-order valence-corrected chi connectivity index (χ0v) is 10.8. The van der Waals surface area contributed by atoms with E-state index in [4.69, 9.17) is 9.47 Å². The van der Waals surface area contributed by atoms with Gasteiger partial charge in [0.15, 0.2) is 11.5 Å². The van der Waals surface area contributed by atoms with Gasteiger partial charge in [0.1, 0.15) is 0 Å². The van der Waals surface area contributed by atoms with Crippen LogP contribution in [0.1, 0.15) is 20.7 Å². The van der Waals surface area contributed by atoms with Crippen molar-refractivity contribution in [1.29, 1.82) is 0 Å². The van der Waals surface area contributed by atoms with E-state index in [1.807, 2.05) is 0 Å². The molecule has 0 fully saturated rings. The quantitative estimate of drug-likeness (QED) is 0.909. The van der Waals surface area contributed by atoms with Crippen LogP contribution < -0.4 is 19.9 Å². The van der Waals surface area contributed by atoms with Crippen LogP contribution in [0.25, 0.3) is 0 Å². The van der Waals surface area contributed by atoms with Gasteiger partial charge in [0.05, 0.1) is 5.97 Å². The molecule has 0 saturated heterocycles. The fourth-order valence-electron chi connectivity index (χ4n) is 2.03. The van der Waals surface area contributed by atoms with Crippen LogP contribution in [-0.2, 0) is 0 Å². The molecule has 0 spiro atoms. The van der Waals surface area contributed by atoms with E-state index in [1.165, 1.54) is 18.2 Å². The fourth-order valence-corrected chi connectivity index (χ4v) is 2.03. The molecule has 2 aromatic carbocycles. The summed E-state index contributed by atoms with van der Waals surface area (Å²) in [5.74, 6) is -0.802. The first-order valence-electron chi connectivity index (χ1n) is 6.16. The first-order valence-corrected chi connectivity index (χ1v) is 6.16. The Bertz CT molecular complexity index is 726. The van der Waals surface area contributed by atoms with Crippen LogP contribution in [0.5, 0.6) is 11.5 Å². The molecule has 0 radical (unpaired) electrons. The summed E-state index contributed by atoms with van der Waals surface area (Å²) in [6.45, 7) is 0.139. The van der Waals surface area contributed by atoms with Gasteiger partial charge in [0, 0.05) is 22.9 Å². The zero-order chi connectivity index (χ0) is 14.8. The molecule has 0 bridgehead atoms. The summed E-state index contributed by atoms with van der Waals surface area (Å²) < 4.78 is 10.4. The van der Waals surface area contributed by atoms with E-state index in [2.05, 4.69) is 5.32 Å². The van der Waals surface area contributed by atoms with Gasteiger partial charge in [0.25, 0.3) is 5.91 Å². The first-order chi connectivity index (χ1) is 10.1. The Labute approximate surface area is 119 Å². The normalized spacial score (nSPS) is 12.0. The Kier molecular flexibility index (Phi) is 3.19. The van der Waals surface area contributed by atoms with Crippen molar-refractivity contribution < 1.29 is 24.2 Å². The third-order valence-electron chi connectivity index (χ3n) is 3.02. The van der Waals surface area contributed by atoms with Crippen LogP contribution in [0, 0.1) is 0 Å². The number of anilines is 1. The molecular weight excluding hydrogens is 274 g/mol. The second kappa shape index (κ2) is 5.16. The van der Waals surface area contributed by atoms with Gasteiger partial charge in [-0.25, -0.2) is 0 Å². The van der Waals surface area contributed by atoms with E-state index >= 15 is 0 Å². The van der Waals surface area contributed by atoms with Crippen molar-refractivity contribution in [3.05, 3.63) is 53.6 Å². The predicted molar refractivity (Wildman–Crippen MR) is 71.3 cm³/mol. The molecule has 0 atom stereocenters. The van der Waals surface area contributed by atoms with Crippen molar-refractivity contribution in [2.24, 2.45) is 0 Å². The summed E-state index contributed by atoms with van der Waals surface area (Å²) >= 11 is 0. The van der Waals surface area contributed by atoms with Crippen molar-refractivity contribution in [3.8, 4) is 11.5 Å². The lowest BCUT2D eigenvalue weighted by Gasteiger charge is -2.11. The fraction of sp³-hybridized carbons (Fsp3) is 0.0667. The van der Waals surface area contributed by atoms with E-state index in [1.54, 1.807) is 24.3 Å². The molecule has 1 aliphatic heterocycles. The summed E-state index contributed by atoms with van der Waals surface area (Å²) in [5.41, 5.74) is 0.364. The molecule has 106 valence electrons. The first kappa shape index (κ1) is 13.0. The third kappa shape index (κ3) is 2.51. The summed E-state index contributed by atoms with van der Waals surface area (Å²) in [6.07, 6.45) is 0. The molecule has 6 nitrogen and oxygen atoms in total. The number of nitrogens with one attached hydrogen (secondary N) is 1. The lowest BCUT2D eigenvalue weighted by Crippen LogP contribution is -2.26. The Morgan fingerprint density at radius 2 is 1.71 bits per heavy atom. The van der Waals surface area contributed by atoms with Gasteiger partial charge >= 0.3 is 0 Å². The van der Waals surface area contributed by atoms with Crippen molar-refractivity contribution in [1.82, 2.24) is 0 Å². The zero-order valence-electron chi connectivity index (χ0n) is 10.8. The summed E-state index contributed by atoms with van der Waals surface area (Å²) in [5, 5.41) is 13.6. The summed E-state index contributed by atoms with van der Waals surface area (Å²) in [7, 11) is 0. The Balaban J connectivity index is 1.85. The highest BCUT2D eigenvalue weighted by Gasteiger charge is 2.16. The number of hydrogen-bond donors (Lipinski definition) is 1. The molecule has 1 N–H and O–H groups in total. The maximum absolute atomic E-state index is 12.2. The highest BCUT2D eigenvalue weighted by molar-refractivity contribution is 6.10. The number of benzene rings is 2. The number of carbonyl (C=O) groups excluding carboxylic acids is 2. The number of carboxylic acid groups (broad SMARTS) is 1.